The molecular formula is C29H23Cl2N9O3. The topological polar surface area (TPSA) is 150 Å². The number of amides is 2. The molecule has 43 heavy (non-hydrogen) atoms. The fraction of sp³-hybridized carbons (Fsp3) is 0.103. The van der Waals surface area contributed by atoms with Crippen LogP contribution < -0.4 is 10.6 Å². The van der Waals surface area contributed by atoms with E-state index in [1.165, 1.54) is 24.2 Å². The van der Waals surface area contributed by atoms with E-state index >= 15 is 0 Å². The highest BCUT2D eigenvalue weighted by molar-refractivity contribution is 6.32. The molecule has 0 aliphatic carbocycles. The minimum absolute atomic E-state index is 0.180. The quantitative estimate of drug-likeness (QED) is 0.215. The van der Waals surface area contributed by atoms with Gasteiger partial charge in [0.2, 0.25) is 5.91 Å². The molecule has 3 aromatic heterocycles. The molecule has 0 aliphatic rings. The van der Waals surface area contributed by atoms with Gasteiger partial charge < -0.3 is 10.1 Å². The molecule has 0 radical (unpaired) electrons. The number of ether oxygens (including phenoxy) is 1. The number of nitrogens with zero attached hydrogens (tertiary/aromatic N) is 7. The fourth-order valence-electron chi connectivity index (χ4n) is 4.18. The third-order valence-corrected chi connectivity index (χ3v) is 6.75. The molecule has 5 aromatic rings. The molecule has 0 unspecified atom stereocenters. The number of carbonyl (C=O) groups excluding carboxylic acids is 2. The van der Waals surface area contributed by atoms with Crippen molar-refractivity contribution in [3.8, 4) is 16.8 Å². The molecule has 14 heteroatoms. The molecule has 3 heterocycles. The van der Waals surface area contributed by atoms with E-state index in [0.29, 0.717) is 39.6 Å². The van der Waals surface area contributed by atoms with Crippen LogP contribution in [0.25, 0.3) is 22.9 Å². The van der Waals surface area contributed by atoms with E-state index in [2.05, 4.69) is 46.1 Å². The van der Waals surface area contributed by atoms with Gasteiger partial charge in [-0.25, -0.2) is 4.79 Å². The van der Waals surface area contributed by atoms with Crippen LogP contribution in [0.3, 0.4) is 0 Å². The first-order valence-electron chi connectivity index (χ1n) is 12.8. The number of hydrogen-bond acceptors (Lipinski definition) is 9. The van der Waals surface area contributed by atoms with Gasteiger partial charge in [0.1, 0.15) is 6.33 Å². The summed E-state index contributed by atoms with van der Waals surface area (Å²) in [4.78, 5) is 29.0. The zero-order chi connectivity index (χ0) is 30.2. The Kier molecular flexibility index (Phi) is 9.29. The molecule has 216 valence electrons. The molecular weight excluding hydrogens is 593 g/mol. The Hall–Kier alpha value is -5.20. The van der Waals surface area contributed by atoms with E-state index in [0.717, 1.165) is 11.1 Å². The first kappa shape index (κ1) is 29.3. The maximum absolute atomic E-state index is 13.2. The molecule has 2 N–H and O–H groups in total. The summed E-state index contributed by atoms with van der Waals surface area (Å²) in [6.45, 7) is 0. The van der Waals surface area contributed by atoms with Gasteiger partial charge >= 0.3 is 6.09 Å². The predicted octanol–water partition coefficient (Wildman–Crippen LogP) is 5.11. The number of rotatable bonds is 9. The molecule has 2 amide bonds. The maximum atomic E-state index is 13.2. The van der Waals surface area contributed by atoms with E-state index in [-0.39, 0.29) is 11.1 Å². The number of tetrazole rings is 1. The zero-order valence-corrected chi connectivity index (χ0v) is 24.1. The number of halogens is 2. The van der Waals surface area contributed by atoms with Gasteiger partial charge in [-0.05, 0) is 76.5 Å². The van der Waals surface area contributed by atoms with Crippen LogP contribution in [-0.4, -0.2) is 54.5 Å². The van der Waals surface area contributed by atoms with Crippen molar-refractivity contribution in [2.45, 2.75) is 12.5 Å². The van der Waals surface area contributed by atoms with Gasteiger partial charge in [-0.15, -0.1) is 10.2 Å². The first-order chi connectivity index (χ1) is 20.9. The van der Waals surface area contributed by atoms with E-state index in [9.17, 15) is 9.59 Å². The Balaban J connectivity index is 1.42. The van der Waals surface area contributed by atoms with E-state index < -0.39 is 12.1 Å². The predicted molar refractivity (Wildman–Crippen MR) is 161 cm³/mol. The number of anilines is 1. The van der Waals surface area contributed by atoms with Crippen LogP contribution in [0.5, 0.6) is 0 Å². The minimum Gasteiger partial charge on any atom is -0.453 e. The average molecular weight is 616 g/mol. The zero-order valence-electron chi connectivity index (χ0n) is 22.6. The van der Waals surface area contributed by atoms with E-state index in [1.807, 2.05) is 12.1 Å². The van der Waals surface area contributed by atoms with Gasteiger partial charge in [0, 0.05) is 40.3 Å². The Labute approximate surface area is 255 Å². The molecule has 1 atom stereocenters. The number of hydrogen-bond donors (Lipinski definition) is 2. The Bertz CT molecular complexity index is 1750. The lowest BCUT2D eigenvalue weighted by Gasteiger charge is -2.18. The lowest BCUT2D eigenvalue weighted by atomic mass is 10.0. The van der Waals surface area contributed by atoms with Crippen LogP contribution in [-0.2, 0) is 16.0 Å². The highest BCUT2D eigenvalue weighted by Gasteiger charge is 2.19. The minimum atomic E-state index is -0.580. The van der Waals surface area contributed by atoms with Gasteiger partial charge in [-0.1, -0.05) is 41.4 Å². The second-order valence-electron chi connectivity index (χ2n) is 9.09. The van der Waals surface area contributed by atoms with Crippen molar-refractivity contribution in [2.24, 2.45) is 0 Å². The molecule has 0 aliphatic heterocycles. The van der Waals surface area contributed by atoms with E-state index in [4.69, 9.17) is 23.2 Å². The molecule has 0 saturated carbocycles. The van der Waals surface area contributed by atoms with Crippen molar-refractivity contribution < 1.29 is 14.3 Å². The smallest absolute Gasteiger partial charge is 0.411 e. The molecule has 5 rings (SSSR count). The standard InChI is InChI=1S/C29H23Cl2N9O3/c1-43-29(42)34-22-8-4-19(5-9-22)23-15-25(36-37-28(23)31)24(13-18-3-2-12-32-16-18)35-27(41)11-6-20-14-21(30)7-10-26(20)40-17-33-38-39-40/h2-12,14-17,24H,13H2,1H3,(H,34,42)(H,35,41)/t24-/m0/s1. The van der Waals surface area contributed by atoms with Crippen molar-refractivity contribution in [3.63, 3.8) is 0 Å². The highest BCUT2D eigenvalue weighted by Crippen LogP contribution is 2.30. The highest BCUT2D eigenvalue weighted by atomic mass is 35.5. The van der Waals surface area contributed by atoms with Gasteiger partial charge in [-0.2, -0.15) is 9.78 Å². The van der Waals surface area contributed by atoms with Crippen molar-refractivity contribution >= 4 is 47.0 Å². The average Bonchev–Trinajstić information content (AvgIpc) is 3.56. The van der Waals surface area contributed by atoms with Crippen LogP contribution in [0.2, 0.25) is 10.2 Å². The molecule has 0 bridgehead atoms. The van der Waals surface area contributed by atoms with Gasteiger partial charge in [0.25, 0.3) is 0 Å². The second kappa shape index (κ2) is 13.6. The molecule has 2 aromatic carbocycles. The monoisotopic (exact) mass is 615 g/mol. The van der Waals surface area contributed by atoms with Crippen LogP contribution in [0.1, 0.15) is 22.9 Å². The fourth-order valence-corrected chi connectivity index (χ4v) is 4.56. The third kappa shape index (κ3) is 7.56. The summed E-state index contributed by atoms with van der Waals surface area (Å²) in [5.41, 5.74) is 4.53. The van der Waals surface area contributed by atoms with Gasteiger partial charge in [0.15, 0.2) is 5.15 Å². The van der Waals surface area contributed by atoms with Crippen molar-refractivity contribution in [3.05, 3.63) is 112 Å². The van der Waals surface area contributed by atoms with E-state index in [1.54, 1.807) is 67.0 Å². The lowest BCUT2D eigenvalue weighted by Crippen LogP contribution is -2.29. The van der Waals surface area contributed by atoms with Gasteiger partial charge in [0.05, 0.1) is 24.5 Å². The summed E-state index contributed by atoms with van der Waals surface area (Å²) in [5.74, 6) is -0.381. The normalized spacial score (nSPS) is 11.7. The largest absolute Gasteiger partial charge is 0.453 e. The van der Waals surface area contributed by atoms with Crippen LogP contribution in [0.4, 0.5) is 10.5 Å². The summed E-state index contributed by atoms with van der Waals surface area (Å²) in [7, 11) is 1.29. The SMILES string of the molecule is COC(=O)Nc1ccc(-c2cc([C@H](Cc3cccnc3)NC(=O)C=Cc3cc(Cl)ccc3-n3cnnn3)nnc2Cl)cc1. The molecule has 0 saturated heterocycles. The number of carbonyl (C=O) groups is 2. The summed E-state index contributed by atoms with van der Waals surface area (Å²) in [5, 5.41) is 26.0. The second-order valence-corrected chi connectivity index (χ2v) is 9.88. The summed E-state index contributed by atoms with van der Waals surface area (Å²) in [6.07, 6.45) is 7.67. The number of benzene rings is 2. The third-order valence-electron chi connectivity index (χ3n) is 6.23. The number of nitrogens with one attached hydrogen (secondary N) is 2. The summed E-state index contributed by atoms with van der Waals surface area (Å²) >= 11 is 12.6. The van der Waals surface area contributed by atoms with Crippen LogP contribution >= 0.6 is 23.2 Å². The Morgan fingerprint density at radius 2 is 1.91 bits per heavy atom. The number of methoxy groups -OCH3 is 1. The summed E-state index contributed by atoms with van der Waals surface area (Å²) in [6, 6.07) is 17.1. The number of aromatic nitrogens is 7. The lowest BCUT2D eigenvalue weighted by molar-refractivity contribution is -0.117. The number of pyridine rings is 1. The van der Waals surface area contributed by atoms with Crippen molar-refractivity contribution in [2.75, 3.05) is 12.4 Å². The molecule has 0 fully saturated rings. The Morgan fingerprint density at radius 3 is 2.63 bits per heavy atom. The van der Waals surface area contributed by atoms with Crippen molar-refractivity contribution in [1.82, 2.24) is 40.7 Å². The molecule has 12 nitrogen and oxygen atoms in total. The van der Waals surface area contributed by atoms with Crippen molar-refractivity contribution in [1.29, 1.82) is 0 Å². The maximum Gasteiger partial charge on any atom is 0.411 e. The summed E-state index contributed by atoms with van der Waals surface area (Å²) < 4.78 is 6.11. The Morgan fingerprint density at radius 1 is 1.07 bits per heavy atom. The van der Waals surface area contributed by atoms with Crippen LogP contribution in [0.15, 0.2) is 85.5 Å². The first-order valence-corrected chi connectivity index (χ1v) is 13.5. The van der Waals surface area contributed by atoms with Gasteiger partial charge in [-0.3, -0.25) is 15.1 Å². The van der Waals surface area contributed by atoms with Crippen LogP contribution in [0, 0.1) is 0 Å². The molecule has 0 spiro atoms.